The number of carbonyl (C=O) groups is 3. The van der Waals surface area contributed by atoms with Crippen LogP contribution in [-0.2, 0) is 36.8 Å². The Kier molecular flexibility index (Phi) is 10.2. The molecule has 0 saturated carbocycles. The summed E-state index contributed by atoms with van der Waals surface area (Å²) in [7, 11) is 2.72. The standard InChI is InChI=1S/C23H28N2O7/c1-30-22(31-2)20(21(28)24-14-19(26)27)18(13-16-9-5-3-6-10-16)25-23(29)32-15-17-11-7-4-8-12-17/h3-12,18,20,22H,13-15H2,1-2H3,(H,24,28)(H,25,29)(H,26,27)/t18?,20-/m1/s1. The highest BCUT2D eigenvalue weighted by molar-refractivity contribution is 5.84. The minimum absolute atomic E-state index is 0.0542. The molecule has 0 fully saturated rings. The van der Waals surface area contributed by atoms with Gasteiger partial charge < -0.3 is 30.0 Å². The Bertz CT molecular complexity index is 857. The Labute approximate surface area is 186 Å². The van der Waals surface area contributed by atoms with Crippen molar-refractivity contribution >= 4 is 18.0 Å². The van der Waals surface area contributed by atoms with Crippen molar-refractivity contribution in [1.82, 2.24) is 10.6 Å². The number of ether oxygens (including phenoxy) is 3. The summed E-state index contributed by atoms with van der Waals surface area (Å²) in [5.74, 6) is -2.88. The Balaban J connectivity index is 2.22. The molecule has 0 radical (unpaired) electrons. The first-order valence-corrected chi connectivity index (χ1v) is 10.0. The molecule has 0 aliphatic carbocycles. The highest BCUT2D eigenvalue weighted by Gasteiger charge is 2.37. The van der Waals surface area contributed by atoms with Gasteiger partial charge in [0.25, 0.3) is 0 Å². The van der Waals surface area contributed by atoms with Gasteiger partial charge in [-0.1, -0.05) is 60.7 Å². The fourth-order valence-electron chi connectivity index (χ4n) is 3.22. The first kappa shape index (κ1) is 24.8. The Morgan fingerprint density at radius 3 is 2.00 bits per heavy atom. The lowest BCUT2D eigenvalue weighted by atomic mass is 9.91. The van der Waals surface area contributed by atoms with Crippen molar-refractivity contribution in [3.63, 3.8) is 0 Å². The number of nitrogens with one attached hydrogen (secondary N) is 2. The van der Waals surface area contributed by atoms with Crippen LogP contribution >= 0.6 is 0 Å². The lowest BCUT2D eigenvalue weighted by molar-refractivity contribution is -0.163. The Morgan fingerprint density at radius 1 is 0.906 bits per heavy atom. The number of benzene rings is 2. The second-order valence-corrected chi connectivity index (χ2v) is 6.98. The lowest BCUT2D eigenvalue weighted by Gasteiger charge is -2.31. The number of amides is 2. The van der Waals surface area contributed by atoms with Crippen molar-refractivity contribution in [3.05, 3.63) is 71.8 Å². The summed E-state index contributed by atoms with van der Waals surface area (Å²) < 4.78 is 15.9. The van der Waals surface area contributed by atoms with E-state index in [1.165, 1.54) is 14.2 Å². The monoisotopic (exact) mass is 444 g/mol. The molecule has 9 nitrogen and oxygen atoms in total. The molecule has 2 amide bonds. The molecule has 9 heteroatoms. The zero-order chi connectivity index (χ0) is 23.3. The van der Waals surface area contributed by atoms with Gasteiger partial charge in [0.1, 0.15) is 19.1 Å². The molecular weight excluding hydrogens is 416 g/mol. The van der Waals surface area contributed by atoms with Crippen molar-refractivity contribution in [2.75, 3.05) is 20.8 Å². The molecule has 0 heterocycles. The molecule has 2 aromatic rings. The average molecular weight is 444 g/mol. The van der Waals surface area contributed by atoms with E-state index >= 15 is 0 Å². The van der Waals surface area contributed by atoms with Crippen LogP contribution in [0.5, 0.6) is 0 Å². The number of methoxy groups -OCH3 is 2. The zero-order valence-corrected chi connectivity index (χ0v) is 18.0. The normalized spacial score (nSPS) is 12.6. The second kappa shape index (κ2) is 13.1. The van der Waals surface area contributed by atoms with Gasteiger partial charge in [0.05, 0.1) is 6.04 Å². The van der Waals surface area contributed by atoms with E-state index in [1.54, 1.807) is 0 Å². The maximum Gasteiger partial charge on any atom is 0.407 e. The van der Waals surface area contributed by atoms with Crippen molar-refractivity contribution in [2.24, 2.45) is 5.92 Å². The smallest absolute Gasteiger partial charge is 0.407 e. The number of carboxylic acid groups (broad SMARTS) is 1. The van der Waals surface area contributed by atoms with Crippen LogP contribution in [0.15, 0.2) is 60.7 Å². The predicted molar refractivity (Wildman–Crippen MR) is 116 cm³/mol. The Morgan fingerprint density at radius 2 is 1.47 bits per heavy atom. The van der Waals surface area contributed by atoms with Gasteiger partial charge in [0, 0.05) is 14.2 Å². The molecule has 0 aliphatic rings. The summed E-state index contributed by atoms with van der Waals surface area (Å²) in [5.41, 5.74) is 1.66. The summed E-state index contributed by atoms with van der Waals surface area (Å²) in [6.07, 6.45) is -1.50. The molecular formula is C23H28N2O7. The molecule has 0 aliphatic heterocycles. The molecule has 32 heavy (non-hydrogen) atoms. The van der Waals surface area contributed by atoms with Gasteiger partial charge in [-0.25, -0.2) is 4.79 Å². The number of hydrogen-bond acceptors (Lipinski definition) is 6. The molecule has 3 N–H and O–H groups in total. The van der Waals surface area contributed by atoms with E-state index in [-0.39, 0.29) is 13.0 Å². The van der Waals surface area contributed by atoms with Crippen LogP contribution in [0.1, 0.15) is 11.1 Å². The van der Waals surface area contributed by atoms with Gasteiger partial charge in [-0.05, 0) is 17.5 Å². The molecule has 172 valence electrons. The van der Waals surface area contributed by atoms with Crippen LogP contribution in [0.25, 0.3) is 0 Å². The van der Waals surface area contributed by atoms with Gasteiger partial charge in [-0.3, -0.25) is 9.59 Å². The van der Waals surface area contributed by atoms with Crippen LogP contribution in [-0.4, -0.2) is 56.2 Å². The van der Waals surface area contributed by atoms with Crippen molar-refractivity contribution < 1.29 is 33.7 Å². The largest absolute Gasteiger partial charge is 0.480 e. The number of aliphatic carboxylic acids is 1. The van der Waals surface area contributed by atoms with Gasteiger partial charge in [-0.2, -0.15) is 0 Å². The molecule has 1 unspecified atom stereocenters. The molecule has 0 saturated heterocycles. The van der Waals surface area contributed by atoms with Crippen LogP contribution < -0.4 is 10.6 Å². The maximum absolute atomic E-state index is 12.9. The van der Waals surface area contributed by atoms with Crippen LogP contribution in [0.4, 0.5) is 4.79 Å². The third kappa shape index (κ3) is 8.01. The molecule has 2 aromatic carbocycles. The third-order valence-electron chi connectivity index (χ3n) is 4.72. The van der Waals surface area contributed by atoms with E-state index in [2.05, 4.69) is 10.6 Å². The van der Waals surface area contributed by atoms with E-state index in [1.807, 2.05) is 60.7 Å². The maximum atomic E-state index is 12.9. The summed E-state index contributed by atoms with van der Waals surface area (Å²) in [6, 6.07) is 17.6. The fourth-order valence-corrected chi connectivity index (χ4v) is 3.22. The third-order valence-corrected chi connectivity index (χ3v) is 4.72. The minimum Gasteiger partial charge on any atom is -0.480 e. The van der Waals surface area contributed by atoms with Crippen LogP contribution in [0, 0.1) is 5.92 Å². The summed E-state index contributed by atoms with van der Waals surface area (Å²) in [6.45, 7) is -0.523. The highest BCUT2D eigenvalue weighted by Crippen LogP contribution is 2.19. The fraction of sp³-hybridized carbons (Fsp3) is 0.348. The van der Waals surface area contributed by atoms with Gasteiger partial charge in [0.2, 0.25) is 5.91 Å². The number of alkyl carbamates (subject to hydrolysis) is 1. The van der Waals surface area contributed by atoms with Crippen LogP contribution in [0.3, 0.4) is 0 Å². The number of hydrogen-bond donors (Lipinski definition) is 3. The number of carboxylic acids is 1. The SMILES string of the molecule is COC(OC)[C@@H](C(=O)NCC(=O)O)C(Cc1ccccc1)NC(=O)OCc1ccccc1. The highest BCUT2D eigenvalue weighted by atomic mass is 16.7. The first-order valence-electron chi connectivity index (χ1n) is 10.0. The summed E-state index contributed by atoms with van der Waals surface area (Å²) in [5, 5.41) is 14.0. The topological polar surface area (TPSA) is 123 Å². The molecule has 0 aromatic heterocycles. The van der Waals surface area contributed by atoms with E-state index in [0.717, 1.165) is 11.1 Å². The quantitative estimate of drug-likeness (QED) is 0.428. The predicted octanol–water partition coefficient (Wildman–Crippen LogP) is 1.96. The summed E-state index contributed by atoms with van der Waals surface area (Å²) in [4.78, 5) is 36.4. The van der Waals surface area contributed by atoms with Gasteiger partial charge in [-0.15, -0.1) is 0 Å². The second-order valence-electron chi connectivity index (χ2n) is 6.98. The molecule has 0 bridgehead atoms. The average Bonchev–Trinajstić information content (AvgIpc) is 2.80. The van der Waals surface area contributed by atoms with E-state index in [0.29, 0.717) is 0 Å². The van der Waals surface area contributed by atoms with Crippen molar-refractivity contribution in [3.8, 4) is 0 Å². The van der Waals surface area contributed by atoms with Crippen molar-refractivity contribution in [2.45, 2.75) is 25.4 Å². The van der Waals surface area contributed by atoms with Crippen molar-refractivity contribution in [1.29, 1.82) is 0 Å². The number of carbonyl (C=O) groups excluding carboxylic acids is 2. The molecule has 0 spiro atoms. The molecule has 2 atom stereocenters. The number of rotatable bonds is 12. The van der Waals surface area contributed by atoms with E-state index in [4.69, 9.17) is 19.3 Å². The lowest BCUT2D eigenvalue weighted by Crippen LogP contribution is -2.54. The van der Waals surface area contributed by atoms with E-state index < -0.39 is 42.8 Å². The molecule has 2 rings (SSSR count). The summed E-state index contributed by atoms with van der Waals surface area (Å²) >= 11 is 0. The Hall–Kier alpha value is -3.43. The van der Waals surface area contributed by atoms with Gasteiger partial charge in [0.15, 0.2) is 6.29 Å². The van der Waals surface area contributed by atoms with E-state index in [9.17, 15) is 14.4 Å². The van der Waals surface area contributed by atoms with Gasteiger partial charge >= 0.3 is 12.1 Å². The minimum atomic E-state index is -1.20. The van der Waals surface area contributed by atoms with Crippen LogP contribution in [0.2, 0.25) is 0 Å². The first-order chi connectivity index (χ1) is 15.4. The zero-order valence-electron chi connectivity index (χ0n) is 18.0.